The van der Waals surface area contributed by atoms with Crippen LogP contribution in [0.2, 0.25) is 0 Å². The standard InChI is InChI=1S/C30H40O7/c1-11-15-7-9-28(5,34)21-17(23(15)36-26(11)32)13(3)20-18(21)19-22(31)14(4)30(20)24(19)29(6,35)10-8-16-12(2)27(33)37-25(16)30/h11-12,15-16,18-25,31,34-35H,4,7-10H2,1-3,5-6H3/t11-,12-,15-,16-,18-,19+,20-,21-,22-,23-,24-,25-,28-,29-,30+/m0/s1. The van der Waals surface area contributed by atoms with Gasteiger partial charge in [-0.05, 0) is 75.4 Å². The number of carbonyl (C=O) groups is 2. The molecule has 7 aliphatic rings. The van der Waals surface area contributed by atoms with Crippen LogP contribution in [0, 0.1) is 58.7 Å². The summed E-state index contributed by atoms with van der Waals surface area (Å²) in [5.74, 6) is -2.33. The van der Waals surface area contributed by atoms with Crippen molar-refractivity contribution in [2.45, 2.75) is 89.8 Å². The Morgan fingerprint density at radius 2 is 1.49 bits per heavy atom. The molecule has 6 fully saturated rings. The van der Waals surface area contributed by atoms with Crippen molar-refractivity contribution in [3.63, 3.8) is 0 Å². The average molecular weight is 513 g/mol. The fourth-order valence-corrected chi connectivity index (χ4v) is 11.2. The topological polar surface area (TPSA) is 113 Å². The highest BCUT2D eigenvalue weighted by atomic mass is 16.6. The molecule has 2 aliphatic heterocycles. The van der Waals surface area contributed by atoms with E-state index in [0.29, 0.717) is 31.3 Å². The highest BCUT2D eigenvalue weighted by Gasteiger charge is 2.82. The Kier molecular flexibility index (Phi) is 4.66. The summed E-state index contributed by atoms with van der Waals surface area (Å²) < 4.78 is 12.3. The van der Waals surface area contributed by atoms with Gasteiger partial charge in [0.15, 0.2) is 0 Å². The summed E-state index contributed by atoms with van der Waals surface area (Å²) in [7, 11) is 0. The van der Waals surface area contributed by atoms with Crippen LogP contribution in [0.3, 0.4) is 0 Å². The van der Waals surface area contributed by atoms with E-state index >= 15 is 0 Å². The predicted molar refractivity (Wildman–Crippen MR) is 133 cm³/mol. The lowest BCUT2D eigenvalue weighted by Crippen LogP contribution is -2.51. The van der Waals surface area contributed by atoms with Crippen molar-refractivity contribution in [2.75, 3.05) is 0 Å². The van der Waals surface area contributed by atoms with Crippen LogP contribution < -0.4 is 0 Å². The van der Waals surface area contributed by atoms with Crippen molar-refractivity contribution < 1.29 is 34.4 Å². The van der Waals surface area contributed by atoms with Gasteiger partial charge in [-0.1, -0.05) is 26.0 Å². The molecule has 2 saturated heterocycles. The molecule has 0 unspecified atom stereocenters. The van der Waals surface area contributed by atoms with Crippen LogP contribution in [0.1, 0.15) is 60.3 Å². The van der Waals surface area contributed by atoms with Gasteiger partial charge in [0.05, 0.1) is 29.1 Å². The van der Waals surface area contributed by atoms with Crippen molar-refractivity contribution in [3.8, 4) is 0 Å². The van der Waals surface area contributed by atoms with Crippen LogP contribution in [0.25, 0.3) is 0 Å². The maximum absolute atomic E-state index is 13.0. The van der Waals surface area contributed by atoms with E-state index in [9.17, 15) is 24.9 Å². The molecule has 4 saturated carbocycles. The number of aliphatic hydroxyl groups excluding tert-OH is 1. The van der Waals surface area contributed by atoms with E-state index < -0.39 is 28.8 Å². The van der Waals surface area contributed by atoms with E-state index in [2.05, 4.69) is 13.5 Å². The lowest BCUT2D eigenvalue weighted by Gasteiger charge is -2.48. The molecular formula is C30H40O7. The summed E-state index contributed by atoms with van der Waals surface area (Å²) in [6, 6.07) is 0. The van der Waals surface area contributed by atoms with Crippen LogP contribution in [0.4, 0.5) is 0 Å². The molecule has 3 N–H and O–H groups in total. The number of carbonyl (C=O) groups excluding carboxylic acids is 2. The van der Waals surface area contributed by atoms with Gasteiger partial charge in [-0.25, -0.2) is 0 Å². The summed E-state index contributed by atoms with van der Waals surface area (Å²) in [6.45, 7) is 14.1. The minimum absolute atomic E-state index is 0.00106. The molecule has 15 atom stereocenters. The Morgan fingerprint density at radius 3 is 2.19 bits per heavy atom. The quantitative estimate of drug-likeness (QED) is 0.338. The van der Waals surface area contributed by atoms with Crippen molar-refractivity contribution in [3.05, 3.63) is 23.3 Å². The molecule has 0 radical (unpaired) electrons. The molecule has 7 nitrogen and oxygen atoms in total. The van der Waals surface area contributed by atoms with Gasteiger partial charge < -0.3 is 24.8 Å². The van der Waals surface area contributed by atoms with Gasteiger partial charge in [0.25, 0.3) is 0 Å². The molecular weight excluding hydrogens is 472 g/mol. The molecule has 37 heavy (non-hydrogen) atoms. The number of allylic oxidation sites excluding steroid dienone is 1. The van der Waals surface area contributed by atoms with Crippen molar-refractivity contribution >= 4 is 11.9 Å². The van der Waals surface area contributed by atoms with Crippen LogP contribution >= 0.6 is 0 Å². The number of aliphatic hydroxyl groups is 3. The Morgan fingerprint density at radius 1 is 0.892 bits per heavy atom. The zero-order chi connectivity index (χ0) is 26.6. The predicted octanol–water partition coefficient (Wildman–Crippen LogP) is 2.77. The fraction of sp³-hybridized carbons (Fsp3) is 0.800. The number of hydrogen-bond donors (Lipinski definition) is 3. The van der Waals surface area contributed by atoms with Crippen molar-refractivity contribution in [1.82, 2.24) is 0 Å². The van der Waals surface area contributed by atoms with E-state index in [1.165, 1.54) is 0 Å². The smallest absolute Gasteiger partial charge is 0.309 e. The van der Waals surface area contributed by atoms with Gasteiger partial charge in [-0.15, -0.1) is 0 Å². The summed E-state index contributed by atoms with van der Waals surface area (Å²) in [4.78, 5) is 25.7. The first-order chi connectivity index (χ1) is 17.3. The first-order valence-corrected chi connectivity index (χ1v) is 14.2. The first-order valence-electron chi connectivity index (χ1n) is 14.2. The largest absolute Gasteiger partial charge is 0.461 e. The molecule has 202 valence electrons. The van der Waals surface area contributed by atoms with Crippen molar-refractivity contribution in [1.29, 1.82) is 0 Å². The van der Waals surface area contributed by atoms with E-state index in [0.717, 1.165) is 11.1 Å². The molecule has 0 aromatic rings. The van der Waals surface area contributed by atoms with Gasteiger partial charge in [0, 0.05) is 29.1 Å². The van der Waals surface area contributed by atoms with E-state index in [-0.39, 0.29) is 71.3 Å². The third-order valence-electron chi connectivity index (χ3n) is 12.5. The Balaban J connectivity index is 1.49. The minimum atomic E-state index is -1.08. The van der Waals surface area contributed by atoms with Gasteiger partial charge in [0.1, 0.15) is 12.2 Å². The summed E-state index contributed by atoms with van der Waals surface area (Å²) in [5, 5.41) is 35.9. The van der Waals surface area contributed by atoms with E-state index in [1.54, 1.807) is 0 Å². The van der Waals surface area contributed by atoms with E-state index in [4.69, 9.17) is 9.47 Å². The monoisotopic (exact) mass is 512 g/mol. The molecule has 2 bridgehead atoms. The number of fused-ring (bicyclic) bond motifs is 7. The summed E-state index contributed by atoms with van der Waals surface area (Å²) in [5.41, 5.74) is -0.238. The molecule has 5 aliphatic carbocycles. The number of rotatable bonds is 0. The molecule has 0 aromatic heterocycles. The second kappa shape index (κ2) is 7.08. The van der Waals surface area contributed by atoms with Gasteiger partial charge >= 0.3 is 11.9 Å². The zero-order valence-corrected chi connectivity index (χ0v) is 22.4. The number of esters is 2. The van der Waals surface area contributed by atoms with E-state index in [1.807, 2.05) is 27.7 Å². The molecule has 2 heterocycles. The van der Waals surface area contributed by atoms with Gasteiger partial charge in [0.2, 0.25) is 0 Å². The van der Waals surface area contributed by atoms with Gasteiger partial charge in [-0.3, -0.25) is 9.59 Å². The average Bonchev–Trinajstić information content (AvgIpc) is 3.50. The van der Waals surface area contributed by atoms with Crippen LogP contribution in [-0.2, 0) is 19.1 Å². The zero-order valence-electron chi connectivity index (χ0n) is 22.4. The lowest BCUT2D eigenvalue weighted by atomic mass is 9.57. The summed E-state index contributed by atoms with van der Waals surface area (Å²) in [6.07, 6.45) is 0.689. The molecule has 0 amide bonds. The number of ether oxygens (including phenoxy) is 2. The normalized spacial score (nSPS) is 59.7. The maximum atomic E-state index is 13.0. The Labute approximate surface area is 218 Å². The highest BCUT2D eigenvalue weighted by molar-refractivity contribution is 5.76. The van der Waals surface area contributed by atoms with Crippen LogP contribution in [0.5, 0.6) is 0 Å². The maximum Gasteiger partial charge on any atom is 0.309 e. The minimum Gasteiger partial charge on any atom is -0.461 e. The highest BCUT2D eigenvalue weighted by Crippen LogP contribution is 2.79. The molecule has 7 heteroatoms. The van der Waals surface area contributed by atoms with Crippen molar-refractivity contribution in [2.24, 2.45) is 58.7 Å². The second-order valence-electron chi connectivity index (χ2n) is 14.0. The second-order valence-corrected chi connectivity index (χ2v) is 14.0. The van der Waals surface area contributed by atoms with Crippen LogP contribution in [-0.4, -0.2) is 56.8 Å². The van der Waals surface area contributed by atoms with Gasteiger partial charge in [-0.2, -0.15) is 0 Å². The Bertz CT molecular complexity index is 1150. The SMILES string of the molecule is C=C1[C@H](O)[C@H]2[C@H]3[C@H](C(C)=C4[C@H]5OC(=O)[C@@H](C)[C@@H]5CC[C@](C)(O)[C@@H]43)[C@@]13[C@@H]2[C@@](C)(O)CC[C@H]1[C@H](C)C(=O)O[C@@H]13. The third kappa shape index (κ3) is 2.56. The number of hydrogen-bond acceptors (Lipinski definition) is 7. The lowest BCUT2D eigenvalue weighted by molar-refractivity contribution is -0.152. The molecule has 0 spiro atoms. The molecule has 0 aromatic carbocycles. The third-order valence-corrected chi connectivity index (χ3v) is 12.5. The summed E-state index contributed by atoms with van der Waals surface area (Å²) >= 11 is 0. The first kappa shape index (κ1) is 24.3. The Hall–Kier alpha value is -1.70. The fourth-order valence-electron chi connectivity index (χ4n) is 11.2. The molecule has 7 rings (SSSR count). The van der Waals surface area contributed by atoms with Crippen LogP contribution in [0.15, 0.2) is 23.3 Å².